The molecule has 0 unspecified atom stereocenters. The molecule has 1 heterocycles. The van der Waals surface area contributed by atoms with Gasteiger partial charge in [-0.3, -0.25) is 19.7 Å². The minimum absolute atomic E-state index is 0.0522. The summed E-state index contributed by atoms with van der Waals surface area (Å²) in [4.78, 5) is 41.3. The second-order valence-corrected chi connectivity index (χ2v) is 6.59. The number of H-pyrrole nitrogens is 1. The number of nitrogens with one attached hydrogen (secondary N) is 2. The number of aromatic amines is 1. The Morgan fingerprint density at radius 3 is 2.85 bits per heavy atom. The zero-order chi connectivity index (χ0) is 19.8. The van der Waals surface area contributed by atoms with Crippen molar-refractivity contribution in [3.8, 4) is 5.75 Å². The number of nitro benzene ring substituents is 1. The van der Waals surface area contributed by atoms with Crippen LogP contribution in [0.4, 0.5) is 11.4 Å². The molecular weight excluding hydrogens is 372 g/mol. The molecule has 1 amide bonds. The number of nitro groups is 1. The predicted octanol–water partition coefficient (Wildman–Crippen LogP) is 2.76. The van der Waals surface area contributed by atoms with Crippen LogP contribution in [-0.4, -0.2) is 33.7 Å². The van der Waals surface area contributed by atoms with E-state index in [2.05, 4.69) is 15.3 Å². The Bertz CT molecular complexity index is 884. The maximum absolute atomic E-state index is 12.2. The van der Waals surface area contributed by atoms with Crippen LogP contribution in [0.2, 0.25) is 0 Å². The van der Waals surface area contributed by atoms with Crippen LogP contribution in [0.25, 0.3) is 0 Å². The van der Waals surface area contributed by atoms with Crippen LogP contribution in [0, 0.1) is 10.1 Å². The molecule has 0 spiro atoms. The van der Waals surface area contributed by atoms with Gasteiger partial charge >= 0.3 is 0 Å². The third-order valence-corrected chi connectivity index (χ3v) is 4.45. The van der Waals surface area contributed by atoms with E-state index in [1.807, 2.05) is 6.92 Å². The molecule has 0 atom stereocenters. The van der Waals surface area contributed by atoms with Crippen molar-refractivity contribution in [2.75, 3.05) is 18.2 Å². The zero-order valence-electron chi connectivity index (χ0n) is 15.0. The Kier molecular flexibility index (Phi) is 7.35. The number of aryl methyl sites for hydroxylation is 1. The van der Waals surface area contributed by atoms with Gasteiger partial charge in [-0.2, -0.15) is 0 Å². The molecule has 0 saturated carbocycles. The zero-order valence-corrected chi connectivity index (χ0v) is 15.8. The molecule has 2 rings (SSSR count). The van der Waals surface area contributed by atoms with Crippen molar-refractivity contribution in [2.24, 2.45) is 0 Å². The SMILES string of the molecule is CCCCc1cc(=O)[nH]c(SCC(=O)Nc2ccc(OC)cc2[N+](=O)[O-])n1. The fraction of sp³-hybridized carbons (Fsp3) is 0.353. The maximum atomic E-state index is 12.2. The van der Waals surface area contributed by atoms with E-state index >= 15 is 0 Å². The van der Waals surface area contributed by atoms with Gasteiger partial charge in [-0.1, -0.05) is 25.1 Å². The number of thioether (sulfide) groups is 1. The van der Waals surface area contributed by atoms with Gasteiger partial charge < -0.3 is 15.0 Å². The van der Waals surface area contributed by atoms with E-state index in [4.69, 9.17) is 4.74 Å². The number of hydrogen-bond donors (Lipinski definition) is 2. The van der Waals surface area contributed by atoms with Crippen LogP contribution in [0.3, 0.4) is 0 Å². The fourth-order valence-corrected chi connectivity index (χ4v) is 2.95. The van der Waals surface area contributed by atoms with Crippen LogP contribution >= 0.6 is 11.8 Å². The first kappa shape index (κ1) is 20.4. The van der Waals surface area contributed by atoms with E-state index in [-0.39, 0.29) is 22.7 Å². The topological polar surface area (TPSA) is 127 Å². The summed E-state index contributed by atoms with van der Waals surface area (Å²) in [7, 11) is 1.40. The standard InChI is InChI=1S/C17H20N4O5S/c1-3-4-5-11-8-15(22)20-17(18-11)27-10-16(23)19-13-7-6-12(26-2)9-14(13)21(24)25/h6-9H,3-5,10H2,1-2H3,(H,19,23)(H,18,20,22). The van der Waals surface area contributed by atoms with E-state index < -0.39 is 10.8 Å². The average Bonchev–Trinajstić information content (AvgIpc) is 2.64. The summed E-state index contributed by atoms with van der Waals surface area (Å²) in [6.07, 6.45) is 2.60. The molecule has 27 heavy (non-hydrogen) atoms. The highest BCUT2D eigenvalue weighted by Crippen LogP contribution is 2.29. The Balaban J connectivity index is 2.04. The van der Waals surface area contributed by atoms with Gasteiger partial charge in [0.15, 0.2) is 5.16 Å². The molecule has 0 fully saturated rings. The van der Waals surface area contributed by atoms with Gasteiger partial charge in [0.05, 0.1) is 23.9 Å². The van der Waals surface area contributed by atoms with E-state index in [9.17, 15) is 19.7 Å². The first-order valence-electron chi connectivity index (χ1n) is 8.28. The van der Waals surface area contributed by atoms with Gasteiger partial charge in [0.25, 0.3) is 11.2 Å². The van der Waals surface area contributed by atoms with Crippen LogP contribution in [0.1, 0.15) is 25.5 Å². The van der Waals surface area contributed by atoms with Crippen LogP contribution < -0.4 is 15.6 Å². The molecule has 0 aliphatic carbocycles. The second kappa shape index (κ2) is 9.72. The molecule has 2 aromatic rings. The normalized spacial score (nSPS) is 10.4. The third kappa shape index (κ3) is 6.10. The quantitative estimate of drug-likeness (QED) is 0.291. The smallest absolute Gasteiger partial charge is 0.296 e. The molecule has 0 bridgehead atoms. The lowest BCUT2D eigenvalue weighted by atomic mass is 10.2. The molecule has 0 aliphatic heterocycles. The van der Waals surface area contributed by atoms with Gasteiger partial charge in [0.1, 0.15) is 11.4 Å². The molecule has 0 radical (unpaired) electrons. The minimum atomic E-state index is -0.596. The van der Waals surface area contributed by atoms with Crippen molar-refractivity contribution in [1.82, 2.24) is 9.97 Å². The second-order valence-electron chi connectivity index (χ2n) is 5.62. The summed E-state index contributed by atoms with van der Waals surface area (Å²) < 4.78 is 4.96. The number of anilines is 1. The Morgan fingerprint density at radius 1 is 1.41 bits per heavy atom. The molecule has 2 N–H and O–H groups in total. The number of benzene rings is 1. The van der Waals surface area contributed by atoms with Crippen LogP contribution in [0.15, 0.2) is 34.2 Å². The number of carbonyl (C=O) groups excluding carboxylic acids is 1. The molecule has 1 aromatic heterocycles. The van der Waals surface area contributed by atoms with Crippen molar-refractivity contribution in [3.05, 3.63) is 50.4 Å². The van der Waals surface area contributed by atoms with Crippen molar-refractivity contribution in [2.45, 2.75) is 31.3 Å². The number of carbonyl (C=O) groups is 1. The molecule has 1 aromatic carbocycles. The molecule has 0 saturated heterocycles. The van der Waals surface area contributed by atoms with Crippen LogP contribution in [-0.2, 0) is 11.2 Å². The number of amides is 1. The maximum Gasteiger partial charge on any atom is 0.296 e. The summed E-state index contributed by atoms with van der Waals surface area (Å²) in [6.45, 7) is 2.05. The highest BCUT2D eigenvalue weighted by molar-refractivity contribution is 7.99. The summed E-state index contributed by atoms with van der Waals surface area (Å²) >= 11 is 1.06. The summed E-state index contributed by atoms with van der Waals surface area (Å²) in [6, 6.07) is 5.61. The number of rotatable bonds is 9. The number of methoxy groups -OCH3 is 1. The fourth-order valence-electron chi connectivity index (χ4n) is 2.25. The highest BCUT2D eigenvalue weighted by Gasteiger charge is 2.17. The van der Waals surface area contributed by atoms with Crippen molar-refractivity contribution in [3.63, 3.8) is 0 Å². The Hall–Kier alpha value is -2.88. The van der Waals surface area contributed by atoms with Gasteiger partial charge in [-0.15, -0.1) is 0 Å². The van der Waals surface area contributed by atoms with Gasteiger partial charge in [-0.25, -0.2) is 4.98 Å². The van der Waals surface area contributed by atoms with E-state index in [1.54, 1.807) is 0 Å². The molecule has 9 nitrogen and oxygen atoms in total. The monoisotopic (exact) mass is 392 g/mol. The van der Waals surface area contributed by atoms with E-state index in [1.165, 1.54) is 31.4 Å². The first-order valence-corrected chi connectivity index (χ1v) is 9.26. The highest BCUT2D eigenvalue weighted by atomic mass is 32.2. The Labute approximate surface area is 159 Å². The third-order valence-electron chi connectivity index (χ3n) is 3.58. The number of unbranched alkanes of at least 4 members (excludes halogenated alkanes) is 1. The molecule has 144 valence electrons. The van der Waals surface area contributed by atoms with Crippen molar-refractivity contribution < 1.29 is 14.5 Å². The lowest BCUT2D eigenvalue weighted by molar-refractivity contribution is -0.384. The van der Waals surface area contributed by atoms with Crippen molar-refractivity contribution >= 4 is 29.0 Å². The number of aromatic nitrogens is 2. The number of ether oxygens (including phenoxy) is 1. The van der Waals surface area contributed by atoms with E-state index in [0.29, 0.717) is 23.0 Å². The summed E-state index contributed by atoms with van der Waals surface area (Å²) in [5.41, 5.74) is 0.212. The van der Waals surface area contributed by atoms with Gasteiger partial charge in [0, 0.05) is 11.8 Å². The van der Waals surface area contributed by atoms with Gasteiger partial charge in [-0.05, 0) is 25.0 Å². The predicted molar refractivity (Wildman–Crippen MR) is 102 cm³/mol. The van der Waals surface area contributed by atoms with Gasteiger partial charge in [0.2, 0.25) is 5.91 Å². The van der Waals surface area contributed by atoms with Crippen molar-refractivity contribution in [1.29, 1.82) is 0 Å². The lowest BCUT2D eigenvalue weighted by Gasteiger charge is -2.08. The number of nitrogens with zero attached hydrogens (tertiary/aromatic N) is 2. The molecule has 10 heteroatoms. The lowest BCUT2D eigenvalue weighted by Crippen LogP contribution is -2.16. The largest absolute Gasteiger partial charge is 0.496 e. The number of hydrogen-bond acceptors (Lipinski definition) is 7. The summed E-state index contributed by atoms with van der Waals surface area (Å²) in [5.74, 6) is -0.182. The summed E-state index contributed by atoms with van der Waals surface area (Å²) in [5, 5.41) is 14.0. The average molecular weight is 392 g/mol. The molecular formula is C17H20N4O5S. The Morgan fingerprint density at radius 2 is 2.19 bits per heavy atom. The van der Waals surface area contributed by atoms with Crippen LogP contribution in [0.5, 0.6) is 5.75 Å². The van der Waals surface area contributed by atoms with E-state index in [0.717, 1.165) is 24.6 Å². The first-order chi connectivity index (χ1) is 12.9. The molecule has 0 aliphatic rings. The minimum Gasteiger partial charge on any atom is -0.496 e.